The van der Waals surface area contributed by atoms with Crippen molar-refractivity contribution in [1.82, 2.24) is 9.47 Å². The summed E-state index contributed by atoms with van der Waals surface area (Å²) in [6, 6.07) is 10.9. The maximum absolute atomic E-state index is 12.7. The van der Waals surface area contributed by atoms with E-state index in [1.807, 2.05) is 25.4 Å². The predicted octanol–water partition coefficient (Wildman–Crippen LogP) is 4.09. The fraction of sp³-hybridized carbons (Fsp3) is 0.522. The lowest BCUT2D eigenvalue weighted by molar-refractivity contribution is 0.166. The largest absolute Gasteiger partial charge is 0.334 e. The molecule has 0 atom stereocenters. The molecule has 1 saturated carbocycles. The van der Waals surface area contributed by atoms with Gasteiger partial charge in [-0.2, -0.15) is 0 Å². The van der Waals surface area contributed by atoms with Crippen molar-refractivity contribution in [1.29, 1.82) is 0 Å². The normalized spacial score (nSPS) is 17.6. The van der Waals surface area contributed by atoms with Gasteiger partial charge in [-0.1, -0.05) is 12.5 Å². The van der Waals surface area contributed by atoms with E-state index in [-0.39, 0.29) is 11.6 Å². The van der Waals surface area contributed by atoms with Crippen LogP contribution in [-0.4, -0.2) is 28.6 Å². The third kappa shape index (κ3) is 3.68. The molecule has 0 radical (unpaired) electrons. The number of benzene rings is 1. The lowest BCUT2D eigenvalue weighted by Crippen LogP contribution is -2.37. The smallest absolute Gasteiger partial charge is 0.274 e. The Kier molecular flexibility index (Phi) is 5.09. The first kappa shape index (κ1) is 18.3. The van der Waals surface area contributed by atoms with Gasteiger partial charge in [0.2, 0.25) is 0 Å². The van der Waals surface area contributed by atoms with Gasteiger partial charge in [-0.05, 0) is 74.4 Å². The Labute approximate surface area is 162 Å². The van der Waals surface area contributed by atoms with Gasteiger partial charge < -0.3 is 9.47 Å². The lowest BCUT2D eigenvalue weighted by atomic mass is 9.84. The van der Waals surface area contributed by atoms with Crippen LogP contribution in [0.3, 0.4) is 0 Å². The van der Waals surface area contributed by atoms with Gasteiger partial charge in [0, 0.05) is 44.6 Å². The number of hydrogen-bond donors (Lipinski definition) is 0. The van der Waals surface area contributed by atoms with E-state index < -0.39 is 0 Å². The Hall–Kier alpha value is -2.07. The maximum atomic E-state index is 12.7. The molecule has 4 nitrogen and oxygen atoms in total. The summed E-state index contributed by atoms with van der Waals surface area (Å²) >= 11 is 0. The molecule has 1 aromatic carbocycles. The second-order valence-corrected chi connectivity index (χ2v) is 8.51. The maximum Gasteiger partial charge on any atom is 0.274 e. The number of aromatic nitrogens is 1. The van der Waals surface area contributed by atoms with E-state index in [4.69, 9.17) is 0 Å². The van der Waals surface area contributed by atoms with Crippen LogP contribution in [0.25, 0.3) is 0 Å². The molecule has 0 amide bonds. The van der Waals surface area contributed by atoms with E-state index in [1.54, 1.807) is 4.57 Å². The molecule has 2 aromatic rings. The van der Waals surface area contributed by atoms with Gasteiger partial charge >= 0.3 is 0 Å². The van der Waals surface area contributed by atoms with Crippen LogP contribution in [0.2, 0.25) is 0 Å². The first-order valence-corrected chi connectivity index (χ1v) is 10.3. The van der Waals surface area contributed by atoms with E-state index in [9.17, 15) is 4.79 Å². The second kappa shape index (κ2) is 7.51. The van der Waals surface area contributed by atoms with Crippen molar-refractivity contribution in [2.45, 2.75) is 52.1 Å². The molecule has 27 heavy (non-hydrogen) atoms. The van der Waals surface area contributed by atoms with Gasteiger partial charge in [-0.25, -0.2) is 0 Å². The Balaban J connectivity index is 1.63. The highest BCUT2D eigenvalue weighted by molar-refractivity contribution is 5.64. The summed E-state index contributed by atoms with van der Waals surface area (Å²) in [5.74, 6) is 0.911. The Morgan fingerprint density at radius 2 is 2.00 bits per heavy atom. The van der Waals surface area contributed by atoms with E-state index >= 15 is 0 Å². The van der Waals surface area contributed by atoms with Crippen LogP contribution in [0.1, 0.15) is 44.2 Å². The van der Waals surface area contributed by atoms with Gasteiger partial charge in [0.15, 0.2) is 0 Å². The molecule has 0 saturated heterocycles. The summed E-state index contributed by atoms with van der Waals surface area (Å²) < 4.78 is 1.66. The number of aryl methyl sites for hydroxylation is 1. The van der Waals surface area contributed by atoms with Crippen molar-refractivity contribution in [3.8, 4) is 0 Å². The average Bonchev–Trinajstić information content (AvgIpc) is 2.61. The predicted molar refractivity (Wildman–Crippen MR) is 112 cm³/mol. The van der Waals surface area contributed by atoms with Crippen molar-refractivity contribution >= 4 is 11.4 Å². The molecule has 0 unspecified atom stereocenters. The molecule has 0 N–H and O–H groups in total. The van der Waals surface area contributed by atoms with E-state index in [0.29, 0.717) is 0 Å². The first-order valence-electron chi connectivity index (χ1n) is 10.3. The quantitative estimate of drug-likeness (QED) is 0.799. The molecule has 0 bridgehead atoms. The van der Waals surface area contributed by atoms with Crippen molar-refractivity contribution in [2.24, 2.45) is 13.0 Å². The van der Waals surface area contributed by atoms with Crippen LogP contribution in [-0.2, 0) is 20.0 Å². The van der Waals surface area contributed by atoms with Crippen molar-refractivity contribution in [2.75, 3.05) is 18.0 Å². The van der Waals surface area contributed by atoms with Gasteiger partial charge in [-0.3, -0.25) is 9.69 Å². The van der Waals surface area contributed by atoms with E-state index in [1.165, 1.54) is 43.5 Å². The van der Waals surface area contributed by atoms with Crippen LogP contribution in [0, 0.1) is 5.92 Å². The van der Waals surface area contributed by atoms with Gasteiger partial charge in [-0.15, -0.1) is 0 Å². The molecule has 1 aliphatic heterocycles. The van der Waals surface area contributed by atoms with Crippen molar-refractivity contribution in [3.63, 3.8) is 0 Å². The summed E-state index contributed by atoms with van der Waals surface area (Å²) in [5, 5.41) is 0. The molecule has 1 aromatic heterocycles. The van der Waals surface area contributed by atoms with Crippen LogP contribution >= 0.6 is 0 Å². The van der Waals surface area contributed by atoms with E-state index in [0.717, 1.165) is 30.3 Å². The zero-order valence-corrected chi connectivity index (χ0v) is 16.8. The number of rotatable bonds is 5. The number of fused-ring (bicyclic) bond motifs is 1. The van der Waals surface area contributed by atoms with Crippen LogP contribution in [0.15, 0.2) is 41.3 Å². The topological polar surface area (TPSA) is 28.5 Å². The van der Waals surface area contributed by atoms with Crippen LogP contribution in [0.5, 0.6) is 0 Å². The minimum absolute atomic E-state index is 0.0514. The SMILES string of the molecule is CC(C)N(c1ccc2c(c1)CN(CC1CCC1)CC2)c1cccn(C)c1=O. The monoisotopic (exact) mass is 365 g/mol. The molecule has 0 spiro atoms. The summed E-state index contributed by atoms with van der Waals surface area (Å²) in [5.41, 5.74) is 4.81. The fourth-order valence-corrected chi connectivity index (χ4v) is 4.43. The lowest BCUT2D eigenvalue weighted by Gasteiger charge is -2.36. The standard InChI is InChI=1S/C23H31N3O/c1-17(2)26(22-8-5-12-24(3)23(22)27)21-10-9-19-11-13-25(16-20(19)14-21)15-18-6-4-7-18/h5,8-10,12,14,17-18H,4,6-7,11,13,15-16H2,1-3H3. The number of anilines is 2. The second-order valence-electron chi connectivity index (χ2n) is 8.51. The number of hydrogen-bond acceptors (Lipinski definition) is 3. The minimum atomic E-state index is 0.0514. The van der Waals surface area contributed by atoms with Gasteiger partial charge in [0.05, 0.1) is 0 Å². The third-order valence-electron chi connectivity index (χ3n) is 6.18. The van der Waals surface area contributed by atoms with Gasteiger partial charge in [0.25, 0.3) is 5.56 Å². The Morgan fingerprint density at radius 3 is 2.70 bits per heavy atom. The fourth-order valence-electron chi connectivity index (χ4n) is 4.43. The highest BCUT2D eigenvalue weighted by Gasteiger charge is 2.25. The number of nitrogens with zero attached hydrogens (tertiary/aromatic N) is 3. The summed E-state index contributed by atoms with van der Waals surface area (Å²) in [4.78, 5) is 17.5. The van der Waals surface area contributed by atoms with Crippen molar-refractivity contribution in [3.05, 3.63) is 58.0 Å². The zero-order valence-electron chi connectivity index (χ0n) is 16.8. The first-order chi connectivity index (χ1) is 13.0. The third-order valence-corrected chi connectivity index (χ3v) is 6.18. The Morgan fingerprint density at radius 1 is 1.19 bits per heavy atom. The highest BCUT2D eigenvalue weighted by atomic mass is 16.1. The highest BCUT2D eigenvalue weighted by Crippen LogP contribution is 2.32. The average molecular weight is 366 g/mol. The summed E-state index contributed by atoms with van der Waals surface area (Å²) in [6.45, 7) is 7.76. The van der Waals surface area contributed by atoms with Gasteiger partial charge in [0.1, 0.15) is 5.69 Å². The van der Waals surface area contributed by atoms with Crippen LogP contribution < -0.4 is 10.5 Å². The molecule has 1 fully saturated rings. The molecular weight excluding hydrogens is 334 g/mol. The molecule has 1 aliphatic carbocycles. The molecular formula is C23H31N3O. The minimum Gasteiger partial charge on any atom is -0.334 e. The number of pyridine rings is 1. The molecule has 144 valence electrons. The Bertz CT molecular complexity index is 866. The summed E-state index contributed by atoms with van der Waals surface area (Å²) in [6.07, 6.45) is 7.17. The molecule has 2 aliphatic rings. The van der Waals surface area contributed by atoms with E-state index in [2.05, 4.69) is 41.8 Å². The molecule has 2 heterocycles. The zero-order chi connectivity index (χ0) is 19.0. The molecule has 4 heteroatoms. The molecule has 4 rings (SSSR count). The summed E-state index contributed by atoms with van der Waals surface area (Å²) in [7, 11) is 1.82. The van der Waals surface area contributed by atoms with Crippen molar-refractivity contribution < 1.29 is 0 Å². The van der Waals surface area contributed by atoms with Crippen LogP contribution in [0.4, 0.5) is 11.4 Å².